The highest BCUT2D eigenvalue weighted by Crippen LogP contribution is 2.31. The largest absolute Gasteiger partial charge is 0.508 e. The molecule has 0 fully saturated rings. The number of phenols is 3. The van der Waals surface area contributed by atoms with Crippen molar-refractivity contribution in [3.63, 3.8) is 0 Å². The van der Waals surface area contributed by atoms with Crippen LogP contribution >= 0.6 is 0 Å². The average molecular weight is 744 g/mol. The number of hydrogen-bond donors (Lipinski definition) is 6. The summed E-state index contributed by atoms with van der Waals surface area (Å²) >= 11 is 0. The van der Waals surface area contributed by atoms with Crippen molar-refractivity contribution in [2.45, 2.75) is 46.6 Å². The average Bonchev–Trinajstić information content (AvgIpc) is 3.14. The fourth-order valence-electron chi connectivity index (χ4n) is 5.16. The summed E-state index contributed by atoms with van der Waals surface area (Å²) in [4.78, 5) is 0. The SMILES string of the molecule is Cc1ccc(O)c(CNc2cccc(C(F)(F)F)c2)c1.Cc1ccc(O)c(CNc2cccc(F)c2)c1.Cc1ccc(O)c(CNc2ccccc2F)c1. The first-order valence-electron chi connectivity index (χ1n) is 16.9. The van der Waals surface area contributed by atoms with E-state index in [2.05, 4.69) is 16.0 Å². The van der Waals surface area contributed by atoms with Crippen molar-refractivity contribution in [2.24, 2.45) is 0 Å². The summed E-state index contributed by atoms with van der Waals surface area (Å²) in [6.45, 7) is 6.92. The molecule has 0 amide bonds. The lowest BCUT2D eigenvalue weighted by atomic mass is 10.1. The fraction of sp³-hybridized carbons (Fsp3) is 0.163. The molecule has 0 heterocycles. The van der Waals surface area contributed by atoms with E-state index in [9.17, 15) is 37.3 Å². The highest BCUT2D eigenvalue weighted by atomic mass is 19.4. The predicted octanol–water partition coefficient (Wildman–Crippen LogP) is 11.2. The van der Waals surface area contributed by atoms with Crippen LogP contribution in [-0.4, -0.2) is 15.3 Å². The second-order valence-electron chi connectivity index (χ2n) is 12.5. The Labute approximate surface area is 311 Å². The van der Waals surface area contributed by atoms with E-state index in [1.165, 1.54) is 24.3 Å². The van der Waals surface area contributed by atoms with Crippen LogP contribution in [0, 0.1) is 32.4 Å². The Hall–Kier alpha value is -6.23. The molecule has 0 spiro atoms. The van der Waals surface area contributed by atoms with Crippen LogP contribution in [0.15, 0.2) is 127 Å². The zero-order valence-corrected chi connectivity index (χ0v) is 30.0. The molecule has 11 heteroatoms. The van der Waals surface area contributed by atoms with Gasteiger partial charge in [0.25, 0.3) is 0 Å². The van der Waals surface area contributed by atoms with Crippen LogP contribution in [0.5, 0.6) is 17.2 Å². The standard InChI is InChI=1S/C15H14F3NO.2C14H14FNO/c1-10-5-6-14(20)11(7-10)9-19-13-4-2-3-12(8-13)15(16,17)18;1-10-5-6-14(17)11(7-10)9-16-13-4-2-3-12(15)8-13;1-10-6-7-14(17)11(8-10)9-16-13-5-3-2-4-12(13)15/h2-8,19-20H,9H2,1H3;2*2-8,16-17H,9H2,1H3. The minimum atomic E-state index is -4.36. The second-order valence-corrected chi connectivity index (χ2v) is 12.5. The molecule has 0 atom stereocenters. The molecule has 6 aromatic rings. The van der Waals surface area contributed by atoms with Crippen molar-refractivity contribution in [2.75, 3.05) is 16.0 Å². The number of aromatic hydroxyl groups is 3. The van der Waals surface area contributed by atoms with Crippen LogP contribution in [0.2, 0.25) is 0 Å². The summed E-state index contributed by atoms with van der Waals surface area (Å²) < 4.78 is 64.0. The Morgan fingerprint density at radius 3 is 1.39 bits per heavy atom. The number of aryl methyl sites for hydroxylation is 3. The van der Waals surface area contributed by atoms with Crippen molar-refractivity contribution in [3.05, 3.63) is 178 Å². The number of halogens is 5. The first-order chi connectivity index (χ1) is 25.7. The van der Waals surface area contributed by atoms with Gasteiger partial charge >= 0.3 is 6.18 Å². The van der Waals surface area contributed by atoms with Gasteiger partial charge in [-0.2, -0.15) is 13.2 Å². The maximum atomic E-state index is 13.3. The normalized spacial score (nSPS) is 10.7. The van der Waals surface area contributed by atoms with Gasteiger partial charge in [-0.15, -0.1) is 0 Å². The topological polar surface area (TPSA) is 96.8 Å². The van der Waals surface area contributed by atoms with Gasteiger partial charge in [0.1, 0.15) is 28.9 Å². The number of anilines is 3. The molecule has 54 heavy (non-hydrogen) atoms. The van der Waals surface area contributed by atoms with E-state index in [4.69, 9.17) is 0 Å². The quantitative estimate of drug-likeness (QED) is 0.0826. The highest BCUT2D eigenvalue weighted by molar-refractivity contribution is 5.49. The molecule has 6 rings (SSSR count). The van der Waals surface area contributed by atoms with Gasteiger partial charge in [-0.1, -0.05) is 77.4 Å². The smallest absolute Gasteiger partial charge is 0.416 e. The lowest BCUT2D eigenvalue weighted by Crippen LogP contribution is -2.06. The molecular formula is C43H42F5N3O3. The second kappa shape index (κ2) is 19.0. The van der Waals surface area contributed by atoms with Crippen LogP contribution in [0.25, 0.3) is 0 Å². The van der Waals surface area contributed by atoms with Crippen LogP contribution in [0.1, 0.15) is 38.9 Å². The molecule has 0 unspecified atom stereocenters. The number of alkyl halides is 3. The van der Waals surface area contributed by atoms with Gasteiger partial charge in [-0.25, -0.2) is 8.78 Å². The number of phenolic OH excluding ortho intramolecular Hbond substituents is 3. The summed E-state index contributed by atoms with van der Waals surface area (Å²) in [5.41, 5.74) is 6.12. The molecule has 0 saturated heterocycles. The van der Waals surface area contributed by atoms with Gasteiger partial charge in [0.15, 0.2) is 0 Å². The van der Waals surface area contributed by atoms with Crippen molar-refractivity contribution < 1.29 is 37.3 Å². The summed E-state index contributed by atoms with van der Waals surface area (Å²) in [6.07, 6.45) is -4.36. The van der Waals surface area contributed by atoms with E-state index in [1.807, 2.05) is 45.0 Å². The molecular weight excluding hydrogens is 701 g/mol. The first kappa shape index (κ1) is 40.5. The molecule has 6 N–H and O–H groups in total. The van der Waals surface area contributed by atoms with Gasteiger partial charge in [0.05, 0.1) is 11.3 Å². The maximum Gasteiger partial charge on any atom is 0.416 e. The Balaban J connectivity index is 0.000000181. The van der Waals surface area contributed by atoms with E-state index >= 15 is 0 Å². The van der Waals surface area contributed by atoms with E-state index in [-0.39, 0.29) is 35.4 Å². The molecule has 0 saturated carbocycles. The summed E-state index contributed by atoms with van der Waals surface area (Å²) in [5, 5.41) is 37.9. The van der Waals surface area contributed by atoms with Gasteiger partial charge in [-0.3, -0.25) is 0 Å². The fourth-order valence-corrected chi connectivity index (χ4v) is 5.16. The van der Waals surface area contributed by atoms with Crippen LogP contribution in [0.3, 0.4) is 0 Å². The van der Waals surface area contributed by atoms with Crippen molar-refractivity contribution in [1.82, 2.24) is 0 Å². The lowest BCUT2D eigenvalue weighted by molar-refractivity contribution is -0.137. The zero-order valence-electron chi connectivity index (χ0n) is 30.0. The summed E-state index contributed by atoms with van der Waals surface area (Å²) in [7, 11) is 0. The minimum absolute atomic E-state index is 0.120. The number of nitrogens with one attached hydrogen (secondary N) is 3. The molecule has 0 aromatic heterocycles. The Bertz CT molecular complexity index is 2140. The number of rotatable bonds is 9. The van der Waals surface area contributed by atoms with Crippen LogP contribution in [-0.2, 0) is 25.8 Å². The third kappa shape index (κ3) is 12.8. The van der Waals surface area contributed by atoms with E-state index in [1.54, 1.807) is 66.7 Å². The molecule has 0 aliphatic heterocycles. The first-order valence-corrected chi connectivity index (χ1v) is 16.9. The zero-order chi connectivity index (χ0) is 39.3. The van der Waals surface area contributed by atoms with Crippen molar-refractivity contribution >= 4 is 17.1 Å². The monoisotopic (exact) mass is 743 g/mol. The molecule has 282 valence electrons. The van der Waals surface area contributed by atoms with E-state index < -0.39 is 11.7 Å². The maximum absolute atomic E-state index is 13.3. The van der Waals surface area contributed by atoms with Gasteiger partial charge in [-0.05, 0) is 87.5 Å². The Kier molecular flexibility index (Phi) is 14.3. The Morgan fingerprint density at radius 2 is 0.926 bits per heavy atom. The van der Waals surface area contributed by atoms with E-state index in [0.717, 1.165) is 39.9 Å². The number of para-hydroxylation sites is 1. The third-order valence-electron chi connectivity index (χ3n) is 8.03. The van der Waals surface area contributed by atoms with Gasteiger partial charge in [0, 0.05) is 47.7 Å². The number of benzene rings is 6. The molecule has 0 aliphatic carbocycles. The molecule has 0 aliphatic rings. The van der Waals surface area contributed by atoms with E-state index in [0.29, 0.717) is 35.7 Å². The van der Waals surface area contributed by atoms with Crippen molar-refractivity contribution in [1.29, 1.82) is 0 Å². The number of hydrogen-bond acceptors (Lipinski definition) is 6. The molecule has 6 nitrogen and oxygen atoms in total. The Morgan fingerprint density at radius 1 is 0.481 bits per heavy atom. The van der Waals surface area contributed by atoms with Crippen molar-refractivity contribution in [3.8, 4) is 17.2 Å². The predicted molar refractivity (Wildman–Crippen MR) is 205 cm³/mol. The minimum Gasteiger partial charge on any atom is -0.508 e. The lowest BCUT2D eigenvalue weighted by Gasteiger charge is -2.11. The summed E-state index contributed by atoms with van der Waals surface area (Å²) in [6, 6.07) is 33.6. The molecule has 0 bridgehead atoms. The highest BCUT2D eigenvalue weighted by Gasteiger charge is 2.30. The summed E-state index contributed by atoms with van der Waals surface area (Å²) in [5.74, 6) is 0.0251. The van der Waals surface area contributed by atoms with Gasteiger partial charge < -0.3 is 31.3 Å². The third-order valence-corrected chi connectivity index (χ3v) is 8.03. The molecule has 0 radical (unpaired) electrons. The molecule has 6 aromatic carbocycles. The van der Waals surface area contributed by atoms with Crippen LogP contribution in [0.4, 0.5) is 39.0 Å². The van der Waals surface area contributed by atoms with Crippen LogP contribution < -0.4 is 16.0 Å². The van der Waals surface area contributed by atoms with Gasteiger partial charge in [0.2, 0.25) is 0 Å².